The summed E-state index contributed by atoms with van der Waals surface area (Å²) in [4.78, 5) is 32.3. The topological polar surface area (TPSA) is 77.0 Å². The SMILES string of the molecule is CCN(Cc1ccccc1)C(=O)CNC(=NC)NCc1ccc(N2CCCC2=O)cc1.I. The van der Waals surface area contributed by atoms with Crippen LogP contribution in [0.5, 0.6) is 0 Å². The fourth-order valence-corrected chi connectivity index (χ4v) is 3.57. The molecule has 2 N–H and O–H groups in total. The van der Waals surface area contributed by atoms with Gasteiger partial charge in [0.2, 0.25) is 11.8 Å². The van der Waals surface area contributed by atoms with Crippen molar-refractivity contribution >= 4 is 47.4 Å². The van der Waals surface area contributed by atoms with Crippen molar-refractivity contribution in [1.82, 2.24) is 15.5 Å². The van der Waals surface area contributed by atoms with Crippen molar-refractivity contribution in [3.05, 3.63) is 65.7 Å². The predicted octanol–water partition coefficient (Wildman–Crippen LogP) is 3.15. The molecule has 7 nitrogen and oxygen atoms in total. The zero-order valence-corrected chi connectivity index (χ0v) is 21.0. The Labute approximate surface area is 207 Å². The molecule has 0 aromatic heterocycles. The van der Waals surface area contributed by atoms with E-state index in [4.69, 9.17) is 0 Å². The summed E-state index contributed by atoms with van der Waals surface area (Å²) in [5.74, 6) is 0.783. The van der Waals surface area contributed by atoms with Gasteiger partial charge in [-0.05, 0) is 36.6 Å². The smallest absolute Gasteiger partial charge is 0.242 e. The number of aliphatic imine (C=N–C) groups is 1. The average Bonchev–Trinajstić information content (AvgIpc) is 3.24. The maximum absolute atomic E-state index is 12.6. The summed E-state index contributed by atoms with van der Waals surface area (Å²) in [7, 11) is 1.68. The Bertz CT molecular complexity index is 902. The molecular weight excluding hydrogens is 517 g/mol. The molecular formula is C24H32IN5O2. The number of carbonyl (C=O) groups excluding carboxylic acids is 2. The van der Waals surface area contributed by atoms with Crippen LogP contribution in [0.2, 0.25) is 0 Å². The van der Waals surface area contributed by atoms with Gasteiger partial charge in [0.05, 0.1) is 6.54 Å². The third-order valence-electron chi connectivity index (χ3n) is 5.36. The Balaban J connectivity index is 0.00000363. The van der Waals surface area contributed by atoms with E-state index in [1.165, 1.54) is 0 Å². The number of halogens is 1. The van der Waals surface area contributed by atoms with Gasteiger partial charge in [0.1, 0.15) is 0 Å². The summed E-state index contributed by atoms with van der Waals surface area (Å²) in [5.41, 5.74) is 3.13. The molecule has 32 heavy (non-hydrogen) atoms. The van der Waals surface area contributed by atoms with E-state index >= 15 is 0 Å². The average molecular weight is 549 g/mol. The summed E-state index contributed by atoms with van der Waals surface area (Å²) < 4.78 is 0. The highest BCUT2D eigenvalue weighted by atomic mass is 127. The molecule has 0 unspecified atom stereocenters. The van der Waals surface area contributed by atoms with Crippen molar-refractivity contribution < 1.29 is 9.59 Å². The molecule has 1 aliphatic heterocycles. The second-order valence-electron chi connectivity index (χ2n) is 7.49. The van der Waals surface area contributed by atoms with Crippen molar-refractivity contribution in [3.8, 4) is 0 Å². The molecule has 0 saturated carbocycles. The molecule has 1 aliphatic rings. The molecule has 2 aromatic carbocycles. The second kappa shape index (κ2) is 13.0. The summed E-state index contributed by atoms with van der Waals surface area (Å²) in [6, 6.07) is 17.9. The van der Waals surface area contributed by atoms with E-state index in [0.717, 1.165) is 29.8 Å². The lowest BCUT2D eigenvalue weighted by molar-refractivity contribution is -0.130. The molecule has 0 aliphatic carbocycles. The Hall–Kier alpha value is -2.62. The summed E-state index contributed by atoms with van der Waals surface area (Å²) in [5, 5.41) is 6.33. The highest BCUT2D eigenvalue weighted by Gasteiger charge is 2.21. The lowest BCUT2D eigenvalue weighted by Gasteiger charge is -2.22. The first-order valence-electron chi connectivity index (χ1n) is 10.8. The van der Waals surface area contributed by atoms with E-state index in [9.17, 15) is 9.59 Å². The van der Waals surface area contributed by atoms with Crippen LogP contribution in [-0.2, 0) is 22.7 Å². The van der Waals surface area contributed by atoms with Gasteiger partial charge in [-0.1, -0.05) is 42.5 Å². The first-order valence-corrected chi connectivity index (χ1v) is 10.8. The molecule has 0 bridgehead atoms. The molecule has 0 radical (unpaired) electrons. The maximum Gasteiger partial charge on any atom is 0.242 e. The maximum atomic E-state index is 12.6. The van der Waals surface area contributed by atoms with Gasteiger partial charge in [-0.15, -0.1) is 24.0 Å². The number of nitrogens with zero attached hydrogens (tertiary/aromatic N) is 3. The zero-order valence-electron chi connectivity index (χ0n) is 18.7. The van der Waals surface area contributed by atoms with Gasteiger partial charge in [0.15, 0.2) is 5.96 Å². The fraction of sp³-hybridized carbons (Fsp3) is 0.375. The van der Waals surface area contributed by atoms with E-state index in [1.54, 1.807) is 7.05 Å². The predicted molar refractivity (Wildman–Crippen MR) is 139 cm³/mol. The van der Waals surface area contributed by atoms with Crippen molar-refractivity contribution in [1.29, 1.82) is 0 Å². The largest absolute Gasteiger partial charge is 0.352 e. The van der Waals surface area contributed by atoms with E-state index in [-0.39, 0.29) is 42.3 Å². The van der Waals surface area contributed by atoms with Crippen LogP contribution >= 0.6 is 24.0 Å². The number of guanidine groups is 1. The van der Waals surface area contributed by atoms with Crippen LogP contribution < -0.4 is 15.5 Å². The van der Waals surface area contributed by atoms with Crippen LogP contribution in [0.4, 0.5) is 5.69 Å². The van der Waals surface area contributed by atoms with Crippen molar-refractivity contribution in [2.24, 2.45) is 4.99 Å². The van der Waals surface area contributed by atoms with Crippen molar-refractivity contribution in [3.63, 3.8) is 0 Å². The number of benzene rings is 2. The Kier molecular flexibility index (Phi) is 10.5. The number of amides is 2. The summed E-state index contributed by atoms with van der Waals surface area (Å²) in [6.07, 6.45) is 1.55. The van der Waals surface area contributed by atoms with Gasteiger partial charge in [0, 0.05) is 45.3 Å². The quantitative estimate of drug-likeness (QED) is 0.302. The van der Waals surface area contributed by atoms with Crippen LogP contribution in [0.3, 0.4) is 0 Å². The number of carbonyl (C=O) groups is 2. The number of anilines is 1. The minimum absolute atomic E-state index is 0. The highest BCUT2D eigenvalue weighted by Crippen LogP contribution is 2.21. The van der Waals surface area contributed by atoms with Crippen LogP contribution in [-0.4, -0.2) is 49.4 Å². The molecule has 2 amide bonds. The lowest BCUT2D eigenvalue weighted by Crippen LogP contribution is -2.44. The summed E-state index contributed by atoms with van der Waals surface area (Å²) >= 11 is 0. The molecule has 1 heterocycles. The molecule has 172 valence electrons. The van der Waals surface area contributed by atoms with Gasteiger partial charge < -0.3 is 20.4 Å². The monoisotopic (exact) mass is 549 g/mol. The fourth-order valence-electron chi connectivity index (χ4n) is 3.57. The van der Waals surface area contributed by atoms with Gasteiger partial charge in [-0.25, -0.2) is 0 Å². The number of rotatable bonds is 8. The normalized spacial score (nSPS) is 13.5. The van der Waals surface area contributed by atoms with E-state index in [0.29, 0.717) is 32.0 Å². The van der Waals surface area contributed by atoms with E-state index in [1.807, 2.05) is 71.3 Å². The molecule has 0 spiro atoms. The molecule has 3 rings (SSSR count). The minimum Gasteiger partial charge on any atom is -0.352 e. The number of hydrogen-bond acceptors (Lipinski definition) is 3. The van der Waals surface area contributed by atoms with Crippen LogP contribution in [0.25, 0.3) is 0 Å². The van der Waals surface area contributed by atoms with Gasteiger partial charge in [0.25, 0.3) is 0 Å². The second-order valence-corrected chi connectivity index (χ2v) is 7.49. The lowest BCUT2D eigenvalue weighted by atomic mass is 10.2. The Morgan fingerprint density at radius 1 is 1.06 bits per heavy atom. The van der Waals surface area contributed by atoms with Crippen LogP contribution in [0, 0.1) is 0 Å². The van der Waals surface area contributed by atoms with E-state index in [2.05, 4.69) is 15.6 Å². The highest BCUT2D eigenvalue weighted by molar-refractivity contribution is 14.0. The van der Waals surface area contributed by atoms with Crippen molar-refractivity contribution in [2.75, 3.05) is 31.6 Å². The van der Waals surface area contributed by atoms with Gasteiger partial charge in [-0.2, -0.15) is 0 Å². The standard InChI is InChI=1S/C24H31N5O2.HI/c1-3-28(18-20-8-5-4-6-9-20)23(31)17-27-24(25-2)26-16-19-11-13-21(14-12-19)29-15-7-10-22(29)30;/h4-6,8-9,11-14H,3,7,10,15-18H2,1-2H3,(H2,25,26,27);1H. The zero-order chi connectivity index (χ0) is 22.1. The molecule has 0 atom stereocenters. The third kappa shape index (κ3) is 7.22. The van der Waals surface area contributed by atoms with Crippen molar-refractivity contribution in [2.45, 2.75) is 32.9 Å². The number of nitrogens with one attached hydrogen (secondary N) is 2. The van der Waals surface area contributed by atoms with E-state index < -0.39 is 0 Å². The van der Waals surface area contributed by atoms with Gasteiger partial charge >= 0.3 is 0 Å². The minimum atomic E-state index is 0. The molecule has 1 fully saturated rings. The van der Waals surface area contributed by atoms with Crippen LogP contribution in [0.15, 0.2) is 59.6 Å². The third-order valence-corrected chi connectivity index (χ3v) is 5.36. The molecule has 8 heteroatoms. The van der Waals surface area contributed by atoms with Crippen LogP contribution in [0.1, 0.15) is 30.9 Å². The molecule has 1 saturated heterocycles. The van der Waals surface area contributed by atoms with Gasteiger partial charge in [-0.3, -0.25) is 14.6 Å². The first kappa shape index (κ1) is 25.6. The number of hydrogen-bond donors (Lipinski definition) is 2. The summed E-state index contributed by atoms with van der Waals surface area (Å²) in [6.45, 7) is 4.76. The molecule has 2 aromatic rings. The number of likely N-dealkylation sites (N-methyl/N-ethyl adjacent to an activating group) is 1. The Morgan fingerprint density at radius 2 is 1.78 bits per heavy atom. The Morgan fingerprint density at radius 3 is 2.38 bits per heavy atom. The first-order chi connectivity index (χ1) is 15.1.